The molecular weight excluding hydrogens is 512 g/mol. The lowest BCUT2D eigenvalue weighted by molar-refractivity contribution is 0.0949. The van der Waals surface area contributed by atoms with Gasteiger partial charge in [0.05, 0.1) is 11.4 Å². The van der Waals surface area contributed by atoms with E-state index in [1.807, 2.05) is 71.3 Å². The second-order valence-electron chi connectivity index (χ2n) is 7.76. The van der Waals surface area contributed by atoms with E-state index in [4.69, 9.17) is 11.6 Å². The van der Waals surface area contributed by atoms with Crippen molar-refractivity contribution in [2.75, 3.05) is 6.54 Å². The van der Waals surface area contributed by atoms with Crippen molar-refractivity contribution in [3.63, 3.8) is 0 Å². The van der Waals surface area contributed by atoms with Crippen molar-refractivity contribution in [3.05, 3.63) is 106 Å². The fraction of sp³-hybridized carbons (Fsp3) is 0.115. The van der Waals surface area contributed by atoms with E-state index in [2.05, 4.69) is 25.5 Å². The van der Waals surface area contributed by atoms with Gasteiger partial charge in [-0.15, -0.1) is 21.5 Å². The highest BCUT2D eigenvalue weighted by molar-refractivity contribution is 7.98. The van der Waals surface area contributed by atoms with Crippen molar-refractivity contribution in [1.29, 1.82) is 0 Å². The van der Waals surface area contributed by atoms with E-state index in [0.717, 1.165) is 22.7 Å². The molecule has 3 aromatic heterocycles. The first-order valence-electron chi connectivity index (χ1n) is 11.2. The number of benzene rings is 2. The molecule has 0 saturated heterocycles. The van der Waals surface area contributed by atoms with Crippen LogP contribution in [0.1, 0.15) is 21.1 Å². The number of nitrogens with zero attached hydrogens (tertiary/aromatic N) is 5. The van der Waals surface area contributed by atoms with Crippen LogP contribution in [0.2, 0.25) is 5.02 Å². The summed E-state index contributed by atoms with van der Waals surface area (Å²) in [5.74, 6) is 1.08. The molecule has 0 bridgehead atoms. The van der Waals surface area contributed by atoms with Gasteiger partial charge in [-0.2, -0.15) is 0 Å². The van der Waals surface area contributed by atoms with Gasteiger partial charge in [-0.05, 0) is 42.3 Å². The van der Waals surface area contributed by atoms with Gasteiger partial charge in [-0.1, -0.05) is 59.8 Å². The second-order valence-corrected chi connectivity index (χ2v) is 10.1. The second kappa shape index (κ2) is 11.5. The van der Waals surface area contributed by atoms with Gasteiger partial charge in [-0.3, -0.25) is 14.3 Å². The molecule has 0 aliphatic rings. The fourth-order valence-corrected chi connectivity index (χ4v) is 5.49. The van der Waals surface area contributed by atoms with Crippen molar-refractivity contribution < 1.29 is 4.79 Å². The summed E-state index contributed by atoms with van der Waals surface area (Å²) in [6, 6.07) is 21.4. The molecular formula is C26H21ClN6OS2. The minimum absolute atomic E-state index is 0.166. The number of hydrogen-bond acceptors (Lipinski definition) is 7. The van der Waals surface area contributed by atoms with E-state index in [9.17, 15) is 4.79 Å². The Balaban J connectivity index is 1.28. The van der Waals surface area contributed by atoms with Gasteiger partial charge in [0, 0.05) is 34.9 Å². The summed E-state index contributed by atoms with van der Waals surface area (Å²) < 4.78 is 1.97. The molecule has 36 heavy (non-hydrogen) atoms. The molecule has 3 heterocycles. The quantitative estimate of drug-likeness (QED) is 0.245. The molecule has 2 aromatic carbocycles. The fourth-order valence-electron chi connectivity index (χ4n) is 3.56. The highest BCUT2D eigenvalue weighted by Gasteiger charge is 2.18. The minimum Gasteiger partial charge on any atom is -0.350 e. The topological polar surface area (TPSA) is 85.6 Å². The number of halogens is 1. The van der Waals surface area contributed by atoms with Crippen LogP contribution < -0.4 is 5.32 Å². The largest absolute Gasteiger partial charge is 0.350 e. The van der Waals surface area contributed by atoms with Crippen LogP contribution >= 0.6 is 34.7 Å². The molecule has 0 fully saturated rings. The van der Waals surface area contributed by atoms with Crippen LogP contribution in [0, 0.1) is 0 Å². The highest BCUT2D eigenvalue weighted by Crippen LogP contribution is 2.31. The summed E-state index contributed by atoms with van der Waals surface area (Å²) in [5, 5.41) is 15.8. The predicted octanol–water partition coefficient (Wildman–Crippen LogP) is 5.70. The number of nitrogens with one attached hydrogen (secondary N) is 1. The Morgan fingerprint density at radius 2 is 1.86 bits per heavy atom. The summed E-state index contributed by atoms with van der Waals surface area (Å²) in [4.78, 5) is 21.2. The maximum absolute atomic E-state index is 12.5. The summed E-state index contributed by atoms with van der Waals surface area (Å²) in [7, 11) is 0. The molecule has 10 heteroatoms. The van der Waals surface area contributed by atoms with Gasteiger partial charge >= 0.3 is 0 Å². The van der Waals surface area contributed by atoms with Crippen molar-refractivity contribution >= 4 is 40.6 Å². The number of hydrogen-bond donors (Lipinski definition) is 1. The molecule has 1 amide bonds. The third-order valence-electron chi connectivity index (χ3n) is 5.29. The third kappa shape index (κ3) is 5.81. The van der Waals surface area contributed by atoms with Gasteiger partial charge in [0.1, 0.15) is 10.7 Å². The van der Waals surface area contributed by atoms with E-state index in [1.54, 1.807) is 17.8 Å². The number of pyridine rings is 1. The van der Waals surface area contributed by atoms with Crippen LogP contribution in [0.3, 0.4) is 0 Å². The van der Waals surface area contributed by atoms with Crippen molar-refractivity contribution in [2.24, 2.45) is 0 Å². The van der Waals surface area contributed by atoms with E-state index in [0.29, 0.717) is 34.0 Å². The Morgan fingerprint density at radius 3 is 2.67 bits per heavy atom. The number of carbonyl (C=O) groups is 1. The molecule has 0 aliphatic carbocycles. The summed E-state index contributed by atoms with van der Waals surface area (Å²) in [5.41, 5.74) is 3.37. The molecule has 5 rings (SSSR count). The lowest BCUT2D eigenvalue weighted by atomic mass is 10.1. The Morgan fingerprint density at radius 1 is 1.03 bits per heavy atom. The molecule has 7 nitrogen and oxygen atoms in total. The first kappa shape index (κ1) is 24.2. The molecule has 0 unspecified atom stereocenters. The normalized spacial score (nSPS) is 10.9. The zero-order valence-electron chi connectivity index (χ0n) is 19.0. The van der Waals surface area contributed by atoms with E-state index >= 15 is 0 Å². The van der Waals surface area contributed by atoms with Crippen LogP contribution in [0.25, 0.3) is 17.1 Å². The molecule has 0 aliphatic heterocycles. The van der Waals surface area contributed by atoms with Crippen molar-refractivity contribution in [3.8, 4) is 17.1 Å². The first-order chi connectivity index (χ1) is 17.7. The SMILES string of the molecule is O=C(NCCc1ccccc1)c1csc(CSc2nnc(-c3ccncc3)n2-c2cccc(Cl)c2)n1. The summed E-state index contributed by atoms with van der Waals surface area (Å²) in [6.45, 7) is 0.560. The van der Waals surface area contributed by atoms with E-state index < -0.39 is 0 Å². The van der Waals surface area contributed by atoms with Gasteiger partial charge < -0.3 is 5.32 Å². The van der Waals surface area contributed by atoms with Crippen LogP contribution in [0.5, 0.6) is 0 Å². The highest BCUT2D eigenvalue weighted by atomic mass is 35.5. The minimum atomic E-state index is -0.166. The summed E-state index contributed by atoms with van der Waals surface area (Å²) >= 11 is 9.23. The standard InChI is InChI=1S/C26H21ClN6OS2/c27-20-7-4-8-21(15-20)33-24(19-10-12-28-13-11-19)31-32-26(33)36-17-23-30-22(16-35-23)25(34)29-14-9-18-5-2-1-3-6-18/h1-8,10-13,15-16H,9,14,17H2,(H,29,34). The average molecular weight is 533 g/mol. The lowest BCUT2D eigenvalue weighted by Crippen LogP contribution is -2.26. The maximum atomic E-state index is 12.5. The van der Waals surface area contributed by atoms with Gasteiger partial charge in [-0.25, -0.2) is 4.98 Å². The lowest BCUT2D eigenvalue weighted by Gasteiger charge is -2.10. The van der Waals surface area contributed by atoms with Gasteiger partial charge in [0.25, 0.3) is 5.91 Å². The Kier molecular flexibility index (Phi) is 7.70. The smallest absolute Gasteiger partial charge is 0.270 e. The zero-order valence-corrected chi connectivity index (χ0v) is 21.4. The number of thiazole rings is 1. The Bertz CT molecular complexity index is 1460. The summed E-state index contributed by atoms with van der Waals surface area (Å²) in [6.07, 6.45) is 4.22. The van der Waals surface area contributed by atoms with E-state index in [1.165, 1.54) is 28.7 Å². The predicted molar refractivity (Wildman–Crippen MR) is 144 cm³/mol. The maximum Gasteiger partial charge on any atom is 0.270 e. The number of amides is 1. The van der Waals surface area contributed by atoms with Crippen LogP contribution in [0.15, 0.2) is 89.7 Å². The monoisotopic (exact) mass is 532 g/mol. The Hall–Kier alpha value is -3.53. The van der Waals surface area contributed by atoms with Crippen LogP contribution in [-0.2, 0) is 12.2 Å². The molecule has 180 valence electrons. The first-order valence-corrected chi connectivity index (χ1v) is 13.4. The molecule has 0 saturated carbocycles. The van der Waals surface area contributed by atoms with E-state index in [-0.39, 0.29) is 5.91 Å². The molecule has 0 spiro atoms. The van der Waals surface area contributed by atoms with Crippen molar-refractivity contribution in [2.45, 2.75) is 17.3 Å². The van der Waals surface area contributed by atoms with Crippen molar-refractivity contribution in [1.82, 2.24) is 30.0 Å². The third-order valence-corrected chi connectivity index (χ3v) is 7.50. The van der Waals surface area contributed by atoms with Gasteiger partial charge in [0.2, 0.25) is 0 Å². The number of aromatic nitrogens is 5. The van der Waals surface area contributed by atoms with Gasteiger partial charge in [0.15, 0.2) is 11.0 Å². The van der Waals surface area contributed by atoms with Crippen LogP contribution in [-0.4, -0.2) is 37.2 Å². The number of thioether (sulfide) groups is 1. The molecule has 0 radical (unpaired) electrons. The zero-order chi connectivity index (χ0) is 24.7. The van der Waals surface area contributed by atoms with Crippen LogP contribution in [0.4, 0.5) is 0 Å². The Labute approximate surface area is 221 Å². The molecule has 5 aromatic rings. The number of carbonyl (C=O) groups excluding carboxylic acids is 1. The average Bonchev–Trinajstić information content (AvgIpc) is 3.56. The molecule has 1 N–H and O–H groups in total. The molecule has 0 atom stereocenters. The number of rotatable bonds is 9.